The van der Waals surface area contributed by atoms with Crippen LogP contribution in [0.5, 0.6) is 5.75 Å². The lowest BCUT2D eigenvalue weighted by Crippen LogP contribution is -2.40. The maximum Gasteiger partial charge on any atom is 0.251 e. The molecule has 0 bridgehead atoms. The first-order valence-electron chi connectivity index (χ1n) is 9.99. The number of aromatic nitrogens is 1. The smallest absolute Gasteiger partial charge is 0.251 e. The molecular weight excluding hydrogens is 388 g/mol. The van der Waals surface area contributed by atoms with Crippen LogP contribution in [0.15, 0.2) is 48.5 Å². The summed E-state index contributed by atoms with van der Waals surface area (Å²) >= 11 is 0. The second kappa shape index (κ2) is 8.65. The fourth-order valence-corrected chi connectivity index (χ4v) is 3.88. The molecule has 0 radical (unpaired) electrons. The predicted molar refractivity (Wildman–Crippen MR) is 112 cm³/mol. The molecule has 30 heavy (non-hydrogen) atoms. The highest BCUT2D eigenvalue weighted by molar-refractivity contribution is 5.94. The van der Waals surface area contributed by atoms with Gasteiger partial charge in [0.05, 0.1) is 12.6 Å². The molecule has 1 heterocycles. The van der Waals surface area contributed by atoms with Crippen molar-refractivity contribution < 1.29 is 18.3 Å². The molecule has 0 atom stereocenters. The number of ether oxygens (including phenoxy) is 1. The van der Waals surface area contributed by atoms with E-state index in [1.54, 1.807) is 7.11 Å². The summed E-state index contributed by atoms with van der Waals surface area (Å²) in [7, 11) is 1.65. The summed E-state index contributed by atoms with van der Waals surface area (Å²) in [6.45, 7) is 0. The molecular formula is C23H23F2N3O2. The number of hydrogen-bond acceptors (Lipinski definition) is 4. The maximum absolute atomic E-state index is 13.3. The lowest BCUT2D eigenvalue weighted by Gasteiger charge is -2.30. The van der Waals surface area contributed by atoms with E-state index in [1.807, 2.05) is 30.3 Å². The number of carbonyl (C=O) groups is 1. The fourth-order valence-electron chi connectivity index (χ4n) is 3.88. The average molecular weight is 411 g/mol. The van der Waals surface area contributed by atoms with Gasteiger partial charge in [-0.1, -0.05) is 12.1 Å². The first-order valence-corrected chi connectivity index (χ1v) is 9.99. The second-order valence-corrected chi connectivity index (χ2v) is 7.52. The summed E-state index contributed by atoms with van der Waals surface area (Å²) in [6.07, 6.45) is 3.30. The molecule has 1 fully saturated rings. The maximum atomic E-state index is 13.3. The lowest BCUT2D eigenvalue weighted by molar-refractivity contribution is 0.0926. The van der Waals surface area contributed by atoms with E-state index in [9.17, 15) is 13.6 Å². The van der Waals surface area contributed by atoms with E-state index in [1.165, 1.54) is 6.07 Å². The van der Waals surface area contributed by atoms with Gasteiger partial charge in [-0.25, -0.2) is 13.8 Å². The van der Waals surface area contributed by atoms with Gasteiger partial charge in [0.25, 0.3) is 5.91 Å². The zero-order chi connectivity index (χ0) is 21.1. The summed E-state index contributed by atoms with van der Waals surface area (Å²) in [5.74, 6) is -0.826. The molecule has 1 saturated carbocycles. The number of fused-ring (bicyclic) bond motifs is 1. The molecule has 4 rings (SSSR count). The highest BCUT2D eigenvalue weighted by atomic mass is 19.2. The van der Waals surface area contributed by atoms with Crippen molar-refractivity contribution in [1.29, 1.82) is 0 Å². The molecule has 1 aromatic heterocycles. The topological polar surface area (TPSA) is 63.2 Å². The van der Waals surface area contributed by atoms with Crippen molar-refractivity contribution in [2.45, 2.75) is 37.8 Å². The summed E-state index contributed by atoms with van der Waals surface area (Å²) in [5, 5.41) is 7.36. The monoisotopic (exact) mass is 411 g/mol. The van der Waals surface area contributed by atoms with Gasteiger partial charge in [-0.15, -0.1) is 0 Å². The van der Waals surface area contributed by atoms with Gasteiger partial charge in [0.2, 0.25) is 0 Å². The van der Waals surface area contributed by atoms with Crippen molar-refractivity contribution in [3.63, 3.8) is 0 Å². The molecule has 1 aliphatic carbocycles. The van der Waals surface area contributed by atoms with Crippen molar-refractivity contribution in [1.82, 2.24) is 10.3 Å². The average Bonchev–Trinajstić information content (AvgIpc) is 2.76. The van der Waals surface area contributed by atoms with Crippen LogP contribution in [0.3, 0.4) is 0 Å². The number of amides is 1. The number of rotatable bonds is 5. The van der Waals surface area contributed by atoms with Crippen molar-refractivity contribution in [3.05, 3.63) is 65.7 Å². The number of nitrogens with zero attached hydrogens (tertiary/aromatic N) is 1. The Kier molecular flexibility index (Phi) is 5.79. The van der Waals surface area contributed by atoms with Crippen LogP contribution < -0.4 is 15.4 Å². The Hall–Kier alpha value is -3.22. The highest BCUT2D eigenvalue weighted by Gasteiger charge is 2.23. The van der Waals surface area contributed by atoms with Crippen LogP contribution in [-0.2, 0) is 0 Å². The zero-order valence-electron chi connectivity index (χ0n) is 16.6. The summed E-state index contributed by atoms with van der Waals surface area (Å²) in [4.78, 5) is 17.0. The van der Waals surface area contributed by atoms with Crippen molar-refractivity contribution >= 4 is 22.6 Å². The van der Waals surface area contributed by atoms with Crippen LogP contribution in [0, 0.1) is 11.6 Å². The van der Waals surface area contributed by atoms with Crippen molar-refractivity contribution in [2.75, 3.05) is 12.4 Å². The molecule has 2 aromatic carbocycles. The van der Waals surface area contributed by atoms with Crippen LogP contribution in [0.2, 0.25) is 0 Å². The molecule has 2 N–H and O–H groups in total. The van der Waals surface area contributed by atoms with Gasteiger partial charge in [0.1, 0.15) is 11.6 Å². The quantitative estimate of drug-likeness (QED) is 0.640. The number of nitrogens with one attached hydrogen (secondary N) is 2. The Bertz CT molecular complexity index is 1070. The van der Waals surface area contributed by atoms with E-state index in [-0.39, 0.29) is 23.6 Å². The molecule has 1 amide bonds. The molecule has 0 saturated heterocycles. The van der Waals surface area contributed by atoms with Gasteiger partial charge in [-0.3, -0.25) is 4.79 Å². The van der Waals surface area contributed by atoms with Crippen LogP contribution in [-0.4, -0.2) is 30.1 Å². The van der Waals surface area contributed by atoms with Crippen LogP contribution in [0.1, 0.15) is 36.0 Å². The predicted octanol–water partition coefficient (Wildman–Crippen LogP) is 4.67. The lowest BCUT2D eigenvalue weighted by atomic mass is 9.91. The van der Waals surface area contributed by atoms with Crippen molar-refractivity contribution in [3.8, 4) is 5.75 Å². The van der Waals surface area contributed by atoms with Crippen LogP contribution in [0.25, 0.3) is 10.9 Å². The molecule has 5 nitrogen and oxygen atoms in total. The molecule has 0 aliphatic heterocycles. The first-order chi connectivity index (χ1) is 14.5. The molecule has 156 valence electrons. The van der Waals surface area contributed by atoms with Gasteiger partial charge in [0, 0.05) is 29.1 Å². The Labute approximate surface area is 173 Å². The number of benzene rings is 2. The summed E-state index contributed by atoms with van der Waals surface area (Å²) < 4.78 is 31.9. The normalized spacial score (nSPS) is 18.8. The van der Waals surface area contributed by atoms with Gasteiger partial charge in [-0.2, -0.15) is 0 Å². The number of carbonyl (C=O) groups excluding carboxylic acids is 1. The third-order valence-electron chi connectivity index (χ3n) is 5.49. The Morgan fingerprint density at radius 3 is 2.47 bits per heavy atom. The largest absolute Gasteiger partial charge is 0.496 e. The summed E-state index contributed by atoms with van der Waals surface area (Å²) in [5.41, 5.74) is 0.994. The van der Waals surface area contributed by atoms with Gasteiger partial charge >= 0.3 is 0 Å². The SMILES string of the molecule is COc1cc(NC2CCC(NC(=O)c3ccc(F)c(F)c3)CC2)nc2ccccc12. The number of para-hydroxylation sites is 1. The van der Waals surface area contributed by atoms with Gasteiger partial charge < -0.3 is 15.4 Å². The van der Waals surface area contributed by atoms with E-state index >= 15 is 0 Å². The number of hydrogen-bond donors (Lipinski definition) is 2. The third kappa shape index (κ3) is 4.35. The molecule has 0 unspecified atom stereocenters. The number of pyridine rings is 1. The minimum Gasteiger partial charge on any atom is -0.496 e. The Morgan fingerprint density at radius 2 is 1.73 bits per heavy atom. The van der Waals surface area contributed by atoms with Crippen molar-refractivity contribution in [2.24, 2.45) is 0 Å². The fraction of sp³-hybridized carbons (Fsp3) is 0.304. The number of methoxy groups -OCH3 is 1. The minimum atomic E-state index is -1.02. The third-order valence-corrected chi connectivity index (χ3v) is 5.49. The Balaban J connectivity index is 1.35. The number of anilines is 1. The van der Waals surface area contributed by atoms with E-state index in [2.05, 4.69) is 15.6 Å². The van der Waals surface area contributed by atoms with Gasteiger partial charge in [-0.05, 0) is 56.0 Å². The summed E-state index contributed by atoms with van der Waals surface area (Å²) in [6, 6.07) is 13.2. The molecule has 1 aliphatic rings. The number of halogens is 2. The highest BCUT2D eigenvalue weighted by Crippen LogP contribution is 2.29. The second-order valence-electron chi connectivity index (χ2n) is 7.52. The van der Waals surface area contributed by atoms with E-state index < -0.39 is 11.6 Å². The van der Waals surface area contributed by atoms with Crippen LogP contribution >= 0.6 is 0 Å². The Morgan fingerprint density at radius 1 is 1.00 bits per heavy atom. The van der Waals surface area contributed by atoms with E-state index in [0.29, 0.717) is 0 Å². The molecule has 0 spiro atoms. The minimum absolute atomic E-state index is 0.00256. The molecule has 3 aromatic rings. The first kappa shape index (κ1) is 20.1. The van der Waals surface area contributed by atoms with Gasteiger partial charge in [0.15, 0.2) is 11.6 Å². The molecule has 7 heteroatoms. The van der Waals surface area contributed by atoms with Crippen LogP contribution in [0.4, 0.5) is 14.6 Å². The standard InChI is InChI=1S/C23H23F2N3O2/c1-30-21-13-22(28-20-5-3-2-4-17(20)21)26-15-7-9-16(10-8-15)27-23(29)14-6-11-18(24)19(25)12-14/h2-6,11-13,15-16H,7-10H2,1H3,(H,26,28)(H,27,29). The zero-order valence-corrected chi connectivity index (χ0v) is 16.6. The van der Waals surface area contributed by atoms with E-state index in [0.717, 1.165) is 60.3 Å². The van der Waals surface area contributed by atoms with E-state index in [4.69, 9.17) is 4.74 Å².